The van der Waals surface area contributed by atoms with Gasteiger partial charge in [0.15, 0.2) is 0 Å². The van der Waals surface area contributed by atoms with Crippen LogP contribution in [0.15, 0.2) is 12.1 Å². The summed E-state index contributed by atoms with van der Waals surface area (Å²) in [6.07, 6.45) is 4.03. The predicted molar refractivity (Wildman–Crippen MR) is 81.4 cm³/mol. The summed E-state index contributed by atoms with van der Waals surface area (Å²) in [5, 5.41) is 0. The molecule has 0 spiro atoms. The zero-order valence-electron chi connectivity index (χ0n) is 13.2. The molecule has 1 fully saturated rings. The quantitative estimate of drug-likeness (QED) is 0.796. The molecule has 0 unspecified atom stereocenters. The van der Waals surface area contributed by atoms with Crippen LogP contribution in [0, 0.1) is 0 Å². The molecule has 2 heterocycles. The lowest BCUT2D eigenvalue weighted by Crippen LogP contribution is -2.38. The van der Waals surface area contributed by atoms with E-state index < -0.39 is 5.60 Å². The fourth-order valence-electron chi connectivity index (χ4n) is 2.71. The predicted octanol–water partition coefficient (Wildman–Crippen LogP) is 3.29. The summed E-state index contributed by atoms with van der Waals surface area (Å²) in [6, 6.07) is 4.37. The first-order valence-electron chi connectivity index (χ1n) is 7.89. The van der Waals surface area contributed by atoms with Crippen LogP contribution in [0.5, 0.6) is 0 Å². The second kappa shape index (κ2) is 5.32. The molecule has 21 heavy (non-hydrogen) atoms. The summed E-state index contributed by atoms with van der Waals surface area (Å²) in [7, 11) is 0. The lowest BCUT2D eigenvalue weighted by molar-refractivity contribution is 0.0258. The Morgan fingerprint density at radius 2 is 1.95 bits per heavy atom. The highest BCUT2D eigenvalue weighted by molar-refractivity contribution is 5.68. The molecule has 1 amide bonds. The monoisotopic (exact) mass is 288 g/mol. The van der Waals surface area contributed by atoms with E-state index in [2.05, 4.69) is 12.1 Å². The molecule has 0 N–H and O–H groups in total. The van der Waals surface area contributed by atoms with Crippen molar-refractivity contribution in [2.75, 3.05) is 13.1 Å². The Labute approximate surface area is 126 Å². The second-order valence-electron chi connectivity index (χ2n) is 7.08. The Hall–Kier alpha value is -1.58. The van der Waals surface area contributed by atoms with Gasteiger partial charge in [0.25, 0.3) is 0 Å². The molecule has 4 heteroatoms. The molecule has 0 aromatic carbocycles. The van der Waals surface area contributed by atoms with Gasteiger partial charge in [-0.25, -0.2) is 4.79 Å². The van der Waals surface area contributed by atoms with E-state index in [-0.39, 0.29) is 6.09 Å². The van der Waals surface area contributed by atoms with E-state index in [0.717, 1.165) is 12.8 Å². The van der Waals surface area contributed by atoms with Gasteiger partial charge >= 0.3 is 6.09 Å². The van der Waals surface area contributed by atoms with E-state index in [4.69, 9.17) is 9.72 Å². The lowest BCUT2D eigenvalue weighted by atomic mass is 10.1. The Kier molecular flexibility index (Phi) is 3.64. The molecule has 1 aromatic rings. The van der Waals surface area contributed by atoms with Crippen molar-refractivity contribution < 1.29 is 9.53 Å². The molecule has 114 valence electrons. The van der Waals surface area contributed by atoms with Crippen LogP contribution < -0.4 is 0 Å². The fraction of sp³-hybridized carbons (Fsp3) is 0.647. The van der Waals surface area contributed by atoms with E-state index in [1.807, 2.05) is 25.7 Å². The van der Waals surface area contributed by atoms with Gasteiger partial charge in [0.1, 0.15) is 5.60 Å². The van der Waals surface area contributed by atoms with Crippen molar-refractivity contribution in [3.05, 3.63) is 29.1 Å². The molecule has 1 aliphatic carbocycles. The first-order chi connectivity index (χ1) is 9.92. The van der Waals surface area contributed by atoms with Crippen molar-refractivity contribution in [1.29, 1.82) is 0 Å². The number of carbonyl (C=O) groups is 1. The fourth-order valence-corrected chi connectivity index (χ4v) is 2.71. The molecule has 0 radical (unpaired) electrons. The summed E-state index contributed by atoms with van der Waals surface area (Å²) >= 11 is 0. The minimum absolute atomic E-state index is 0.210. The van der Waals surface area contributed by atoms with E-state index in [1.165, 1.54) is 29.8 Å². The SMILES string of the molecule is CC(C)(C)OC(=O)N1CCc2ccc(C3CC3)nc2CC1. The summed E-state index contributed by atoms with van der Waals surface area (Å²) in [6.45, 7) is 7.12. The molecule has 0 atom stereocenters. The summed E-state index contributed by atoms with van der Waals surface area (Å²) < 4.78 is 5.47. The summed E-state index contributed by atoms with van der Waals surface area (Å²) in [4.78, 5) is 18.8. The van der Waals surface area contributed by atoms with Crippen LogP contribution in [0.3, 0.4) is 0 Å². The Morgan fingerprint density at radius 1 is 1.24 bits per heavy atom. The maximum atomic E-state index is 12.2. The number of nitrogens with zero attached hydrogens (tertiary/aromatic N) is 2. The van der Waals surface area contributed by atoms with Crippen LogP contribution in [0.25, 0.3) is 0 Å². The van der Waals surface area contributed by atoms with Gasteiger partial charge in [-0.3, -0.25) is 4.98 Å². The Bertz CT molecular complexity index is 544. The van der Waals surface area contributed by atoms with Crippen molar-refractivity contribution in [2.24, 2.45) is 0 Å². The molecule has 1 saturated carbocycles. The zero-order chi connectivity index (χ0) is 15.0. The molecule has 1 aliphatic heterocycles. The van der Waals surface area contributed by atoms with Gasteiger partial charge in [-0.15, -0.1) is 0 Å². The van der Waals surface area contributed by atoms with E-state index in [9.17, 15) is 4.79 Å². The molecule has 3 rings (SSSR count). The van der Waals surface area contributed by atoms with Gasteiger partial charge in [0.05, 0.1) is 0 Å². The van der Waals surface area contributed by atoms with Gasteiger partial charge in [0, 0.05) is 36.8 Å². The molecular formula is C17H24N2O2. The molecule has 2 aliphatic rings. The highest BCUT2D eigenvalue weighted by atomic mass is 16.6. The molecule has 1 aromatic heterocycles. The molecule has 4 nitrogen and oxygen atoms in total. The van der Waals surface area contributed by atoms with Crippen LogP contribution in [-0.4, -0.2) is 34.7 Å². The van der Waals surface area contributed by atoms with Crippen molar-refractivity contribution in [1.82, 2.24) is 9.88 Å². The number of hydrogen-bond donors (Lipinski definition) is 0. The maximum absolute atomic E-state index is 12.2. The van der Waals surface area contributed by atoms with Crippen molar-refractivity contribution in [2.45, 2.75) is 58.0 Å². The van der Waals surface area contributed by atoms with Gasteiger partial charge in [-0.2, -0.15) is 0 Å². The van der Waals surface area contributed by atoms with E-state index >= 15 is 0 Å². The van der Waals surface area contributed by atoms with Crippen molar-refractivity contribution >= 4 is 6.09 Å². The normalized spacial score (nSPS) is 18.9. The summed E-state index contributed by atoms with van der Waals surface area (Å²) in [5.74, 6) is 0.681. The average Bonchev–Trinajstić information content (AvgIpc) is 3.22. The lowest BCUT2D eigenvalue weighted by Gasteiger charge is -2.26. The number of rotatable bonds is 1. The third-order valence-corrected chi connectivity index (χ3v) is 4.01. The molecule has 0 bridgehead atoms. The third-order valence-electron chi connectivity index (χ3n) is 4.01. The van der Waals surface area contributed by atoms with Gasteiger partial charge < -0.3 is 9.64 Å². The first-order valence-corrected chi connectivity index (χ1v) is 7.89. The average molecular weight is 288 g/mol. The highest BCUT2D eigenvalue weighted by Crippen LogP contribution is 2.39. The zero-order valence-corrected chi connectivity index (χ0v) is 13.2. The maximum Gasteiger partial charge on any atom is 0.410 e. The van der Waals surface area contributed by atoms with Crippen LogP contribution in [0.2, 0.25) is 0 Å². The van der Waals surface area contributed by atoms with Gasteiger partial charge in [-0.1, -0.05) is 6.07 Å². The van der Waals surface area contributed by atoms with Crippen molar-refractivity contribution in [3.63, 3.8) is 0 Å². The number of amides is 1. The van der Waals surface area contributed by atoms with E-state index in [0.29, 0.717) is 19.0 Å². The Morgan fingerprint density at radius 3 is 2.62 bits per heavy atom. The molecular weight excluding hydrogens is 264 g/mol. The largest absolute Gasteiger partial charge is 0.444 e. The topological polar surface area (TPSA) is 42.4 Å². The minimum atomic E-state index is -0.437. The number of carbonyl (C=O) groups excluding carboxylic acids is 1. The van der Waals surface area contributed by atoms with E-state index in [1.54, 1.807) is 0 Å². The smallest absolute Gasteiger partial charge is 0.410 e. The Balaban J connectivity index is 1.68. The number of hydrogen-bond acceptors (Lipinski definition) is 3. The standard InChI is InChI=1S/C17H24N2O2/c1-17(2,3)21-16(20)19-10-8-13-6-7-14(12-4-5-12)18-15(13)9-11-19/h6-7,12H,4-5,8-11H2,1-3H3. The minimum Gasteiger partial charge on any atom is -0.444 e. The number of fused-ring (bicyclic) bond motifs is 1. The number of aromatic nitrogens is 1. The second-order valence-corrected chi connectivity index (χ2v) is 7.08. The third kappa shape index (κ3) is 3.55. The van der Waals surface area contributed by atoms with Crippen molar-refractivity contribution in [3.8, 4) is 0 Å². The van der Waals surface area contributed by atoms with Crippen LogP contribution >= 0.6 is 0 Å². The number of ether oxygens (including phenoxy) is 1. The summed E-state index contributed by atoms with van der Waals surface area (Å²) in [5.41, 5.74) is 3.25. The number of pyridine rings is 1. The van der Waals surface area contributed by atoms with Crippen LogP contribution in [0.1, 0.15) is 56.5 Å². The van der Waals surface area contributed by atoms with Gasteiger partial charge in [-0.05, 0) is 51.7 Å². The highest BCUT2D eigenvalue weighted by Gasteiger charge is 2.27. The van der Waals surface area contributed by atoms with Crippen LogP contribution in [-0.2, 0) is 17.6 Å². The van der Waals surface area contributed by atoms with Crippen LogP contribution in [0.4, 0.5) is 4.79 Å². The van der Waals surface area contributed by atoms with Gasteiger partial charge in [0.2, 0.25) is 0 Å². The first kappa shape index (κ1) is 14.4. The molecule has 0 saturated heterocycles.